The average Bonchev–Trinajstić information content (AvgIpc) is 2.68. The van der Waals surface area contributed by atoms with E-state index in [2.05, 4.69) is 10.3 Å². The van der Waals surface area contributed by atoms with E-state index in [0.29, 0.717) is 5.69 Å². The van der Waals surface area contributed by atoms with Gasteiger partial charge >= 0.3 is 12.0 Å². The van der Waals surface area contributed by atoms with Crippen molar-refractivity contribution in [3.05, 3.63) is 17.5 Å². The minimum atomic E-state index is -3.11. The van der Waals surface area contributed by atoms with E-state index in [9.17, 15) is 18.0 Å². The molecule has 8 nitrogen and oxygen atoms in total. The summed E-state index contributed by atoms with van der Waals surface area (Å²) in [5.41, 5.74) is 0.681. The van der Waals surface area contributed by atoms with Gasteiger partial charge in [0.15, 0.2) is 9.84 Å². The molecule has 116 valence electrons. The average molecular weight is 315 g/mol. The van der Waals surface area contributed by atoms with Gasteiger partial charge < -0.3 is 20.3 Å². The molecule has 1 aromatic rings. The minimum absolute atomic E-state index is 0.0806. The van der Waals surface area contributed by atoms with Crippen LogP contribution in [0.25, 0.3) is 0 Å². The fourth-order valence-corrected chi connectivity index (χ4v) is 3.90. The molecule has 0 spiro atoms. The SMILES string of the molecule is Cc1cc(NC(=O)N2CCS(=O)(=O)CC2C)c(C(=O)O)[nH]1. The van der Waals surface area contributed by atoms with Crippen molar-refractivity contribution >= 4 is 27.5 Å². The van der Waals surface area contributed by atoms with Gasteiger partial charge in [0.05, 0.1) is 17.2 Å². The molecule has 0 aliphatic carbocycles. The fourth-order valence-electron chi connectivity index (χ4n) is 2.34. The molecule has 2 rings (SSSR count). The maximum atomic E-state index is 12.2. The molecule has 1 atom stereocenters. The number of nitrogens with one attached hydrogen (secondary N) is 2. The number of H-pyrrole nitrogens is 1. The van der Waals surface area contributed by atoms with E-state index in [1.807, 2.05) is 0 Å². The summed E-state index contributed by atoms with van der Waals surface area (Å²) in [6.07, 6.45) is 0. The summed E-state index contributed by atoms with van der Waals surface area (Å²) in [6, 6.07) is 0.572. The van der Waals surface area contributed by atoms with Gasteiger partial charge in [0.2, 0.25) is 0 Å². The maximum absolute atomic E-state index is 12.2. The monoisotopic (exact) mass is 315 g/mol. The Balaban J connectivity index is 2.14. The standard InChI is InChI=1S/C12H17N3O5S/c1-7-5-9(10(13-7)11(16)17)14-12(18)15-3-4-21(19,20)6-8(15)2/h5,8,13H,3-4,6H2,1-2H3,(H,14,18)(H,16,17). The van der Waals surface area contributed by atoms with Gasteiger partial charge in [0.25, 0.3) is 0 Å². The molecule has 1 unspecified atom stereocenters. The van der Waals surface area contributed by atoms with Crippen molar-refractivity contribution in [2.75, 3.05) is 23.4 Å². The lowest BCUT2D eigenvalue weighted by atomic mass is 10.3. The lowest BCUT2D eigenvalue weighted by molar-refractivity contribution is 0.0692. The van der Waals surface area contributed by atoms with Gasteiger partial charge in [0, 0.05) is 18.3 Å². The Morgan fingerprint density at radius 1 is 1.48 bits per heavy atom. The van der Waals surface area contributed by atoms with E-state index in [1.165, 1.54) is 11.0 Å². The van der Waals surface area contributed by atoms with Crippen molar-refractivity contribution in [1.82, 2.24) is 9.88 Å². The number of aromatic carboxylic acids is 1. The van der Waals surface area contributed by atoms with Crippen LogP contribution >= 0.6 is 0 Å². The number of rotatable bonds is 2. The molecule has 1 aromatic heterocycles. The minimum Gasteiger partial charge on any atom is -0.477 e. The summed E-state index contributed by atoms with van der Waals surface area (Å²) in [7, 11) is -3.11. The molecule has 2 heterocycles. The van der Waals surface area contributed by atoms with E-state index < -0.39 is 27.9 Å². The molecule has 1 aliphatic heterocycles. The molecular formula is C12H17N3O5S. The molecule has 21 heavy (non-hydrogen) atoms. The molecule has 1 fully saturated rings. The highest BCUT2D eigenvalue weighted by molar-refractivity contribution is 7.91. The number of carbonyl (C=O) groups excluding carboxylic acids is 1. The summed E-state index contributed by atoms with van der Waals surface area (Å²) >= 11 is 0. The van der Waals surface area contributed by atoms with E-state index in [-0.39, 0.29) is 29.4 Å². The molecule has 0 aromatic carbocycles. The van der Waals surface area contributed by atoms with Crippen LogP contribution in [-0.4, -0.2) is 59.5 Å². The number of carbonyl (C=O) groups is 2. The van der Waals surface area contributed by atoms with Crippen LogP contribution in [0.3, 0.4) is 0 Å². The molecule has 0 bridgehead atoms. The van der Waals surface area contributed by atoms with E-state index in [0.717, 1.165) is 0 Å². The number of amides is 2. The van der Waals surface area contributed by atoms with Gasteiger partial charge in [-0.3, -0.25) is 0 Å². The van der Waals surface area contributed by atoms with Crippen molar-refractivity contribution in [1.29, 1.82) is 0 Å². The molecule has 3 N–H and O–H groups in total. The number of carboxylic acids is 1. The van der Waals surface area contributed by atoms with Crippen LogP contribution in [0.4, 0.5) is 10.5 Å². The zero-order valence-electron chi connectivity index (χ0n) is 11.7. The first-order valence-electron chi connectivity index (χ1n) is 6.40. The smallest absolute Gasteiger partial charge is 0.354 e. The van der Waals surface area contributed by atoms with Crippen LogP contribution < -0.4 is 5.32 Å². The highest BCUT2D eigenvalue weighted by atomic mass is 32.2. The first-order valence-corrected chi connectivity index (χ1v) is 8.22. The van der Waals surface area contributed by atoms with Crippen molar-refractivity contribution in [3.63, 3.8) is 0 Å². The highest BCUT2D eigenvalue weighted by Gasteiger charge is 2.31. The predicted molar refractivity (Wildman–Crippen MR) is 76.3 cm³/mol. The number of aryl methyl sites for hydroxylation is 1. The Morgan fingerprint density at radius 2 is 2.14 bits per heavy atom. The second-order valence-corrected chi connectivity index (χ2v) is 7.36. The van der Waals surface area contributed by atoms with Gasteiger partial charge in [-0.25, -0.2) is 18.0 Å². The van der Waals surface area contributed by atoms with Crippen LogP contribution in [0, 0.1) is 6.92 Å². The second kappa shape index (κ2) is 5.40. The van der Waals surface area contributed by atoms with Crippen LogP contribution in [0.5, 0.6) is 0 Å². The van der Waals surface area contributed by atoms with Gasteiger partial charge in [-0.1, -0.05) is 0 Å². The summed E-state index contributed by atoms with van der Waals surface area (Å²) < 4.78 is 23.0. The van der Waals surface area contributed by atoms with Crippen LogP contribution in [0.2, 0.25) is 0 Å². The van der Waals surface area contributed by atoms with Crippen molar-refractivity contribution in [2.24, 2.45) is 0 Å². The number of nitrogens with zero attached hydrogens (tertiary/aromatic N) is 1. The lowest BCUT2D eigenvalue weighted by Gasteiger charge is -2.33. The number of aromatic nitrogens is 1. The third-order valence-corrected chi connectivity index (χ3v) is 5.13. The van der Waals surface area contributed by atoms with Crippen molar-refractivity contribution in [2.45, 2.75) is 19.9 Å². The van der Waals surface area contributed by atoms with Gasteiger partial charge in [-0.05, 0) is 19.9 Å². The Hall–Kier alpha value is -2.03. The topological polar surface area (TPSA) is 120 Å². The van der Waals surface area contributed by atoms with Crippen molar-refractivity contribution < 1.29 is 23.1 Å². The zero-order valence-corrected chi connectivity index (χ0v) is 12.5. The summed E-state index contributed by atoms with van der Waals surface area (Å²) in [4.78, 5) is 27.3. The van der Waals surface area contributed by atoms with E-state index in [1.54, 1.807) is 13.8 Å². The largest absolute Gasteiger partial charge is 0.477 e. The predicted octanol–water partition coefficient (Wildman–Crippen LogP) is 0.672. The van der Waals surface area contributed by atoms with Crippen LogP contribution in [-0.2, 0) is 9.84 Å². The van der Waals surface area contributed by atoms with Crippen molar-refractivity contribution in [3.8, 4) is 0 Å². The number of urea groups is 1. The summed E-state index contributed by atoms with van der Waals surface area (Å²) in [6.45, 7) is 3.43. The van der Waals surface area contributed by atoms with Crippen LogP contribution in [0.1, 0.15) is 23.1 Å². The molecule has 2 amide bonds. The first-order chi connectivity index (χ1) is 9.69. The summed E-state index contributed by atoms with van der Waals surface area (Å²) in [5, 5.41) is 11.6. The molecular weight excluding hydrogens is 298 g/mol. The highest BCUT2D eigenvalue weighted by Crippen LogP contribution is 2.19. The number of hydrogen-bond acceptors (Lipinski definition) is 4. The van der Waals surface area contributed by atoms with E-state index in [4.69, 9.17) is 5.11 Å². The number of anilines is 1. The maximum Gasteiger partial charge on any atom is 0.354 e. The molecule has 1 aliphatic rings. The van der Waals surface area contributed by atoms with Crippen LogP contribution in [0.15, 0.2) is 6.07 Å². The fraction of sp³-hybridized carbons (Fsp3) is 0.500. The van der Waals surface area contributed by atoms with Gasteiger partial charge in [-0.15, -0.1) is 0 Å². The number of aromatic amines is 1. The third kappa shape index (κ3) is 3.35. The Morgan fingerprint density at radius 3 is 2.71 bits per heavy atom. The molecule has 9 heteroatoms. The second-order valence-electron chi connectivity index (χ2n) is 5.13. The van der Waals surface area contributed by atoms with Gasteiger partial charge in [0.1, 0.15) is 5.69 Å². The van der Waals surface area contributed by atoms with E-state index >= 15 is 0 Å². The number of carboxylic acid groups (broad SMARTS) is 1. The molecule has 0 saturated carbocycles. The normalized spacial score (nSPS) is 21.0. The third-order valence-electron chi connectivity index (χ3n) is 3.34. The number of hydrogen-bond donors (Lipinski definition) is 3. The number of sulfone groups is 1. The quantitative estimate of drug-likeness (QED) is 0.741. The zero-order chi connectivity index (χ0) is 15.8. The molecule has 0 radical (unpaired) electrons. The Kier molecular flexibility index (Phi) is 3.95. The van der Waals surface area contributed by atoms with Gasteiger partial charge in [-0.2, -0.15) is 0 Å². The Labute approximate surface area is 122 Å². The lowest BCUT2D eigenvalue weighted by Crippen LogP contribution is -2.51. The Bertz CT molecular complexity index is 679. The summed E-state index contributed by atoms with van der Waals surface area (Å²) in [5.74, 6) is -1.34. The first kappa shape index (κ1) is 15.4. The molecule has 1 saturated heterocycles.